The van der Waals surface area contributed by atoms with Crippen LogP contribution in [0.1, 0.15) is 48.8 Å². The van der Waals surface area contributed by atoms with Gasteiger partial charge >= 0.3 is 0 Å². The number of hydrogen-bond acceptors (Lipinski definition) is 5. The number of aryl methyl sites for hydroxylation is 1. The second kappa shape index (κ2) is 7.15. The Bertz CT molecular complexity index is 969. The van der Waals surface area contributed by atoms with E-state index in [1.807, 2.05) is 26.0 Å². The fourth-order valence-electron chi connectivity index (χ4n) is 2.93. The van der Waals surface area contributed by atoms with Crippen molar-refractivity contribution in [3.63, 3.8) is 0 Å². The molecule has 4 rings (SSSR count). The molecule has 0 bridgehead atoms. The lowest BCUT2D eigenvalue weighted by Crippen LogP contribution is -2.10. The second-order valence-corrected chi connectivity index (χ2v) is 7.24. The van der Waals surface area contributed by atoms with Gasteiger partial charge in [0.05, 0.1) is 5.02 Å². The average Bonchev–Trinajstić information content (AvgIpc) is 3.36. The largest absolute Gasteiger partial charge is 0.363 e. The molecule has 0 saturated heterocycles. The Hall–Kier alpha value is -2.67. The Kier molecular flexibility index (Phi) is 4.70. The highest BCUT2D eigenvalue weighted by Gasteiger charge is 2.25. The Balaban J connectivity index is 1.49. The average molecular weight is 387 g/mol. The Morgan fingerprint density at radius 2 is 1.93 bits per heavy atom. The maximum atomic E-state index is 13.4. The summed E-state index contributed by atoms with van der Waals surface area (Å²) in [5.74, 6) is 2.87. The number of nitrogens with zero attached hydrogens (tertiary/aromatic N) is 3. The van der Waals surface area contributed by atoms with Crippen LogP contribution < -0.4 is 10.6 Å². The Morgan fingerprint density at radius 3 is 2.67 bits per heavy atom. The fourth-order valence-corrected chi connectivity index (χ4v) is 3.12. The number of hydrogen-bond donors (Lipinski definition) is 3. The summed E-state index contributed by atoms with van der Waals surface area (Å²) in [6.45, 7) is 3.79. The highest BCUT2D eigenvalue weighted by atomic mass is 35.5. The van der Waals surface area contributed by atoms with Crippen LogP contribution >= 0.6 is 11.6 Å². The maximum Gasteiger partial charge on any atom is 0.153 e. The first kappa shape index (κ1) is 17.7. The summed E-state index contributed by atoms with van der Waals surface area (Å²) in [6.07, 6.45) is 2.43. The van der Waals surface area contributed by atoms with Gasteiger partial charge in [0.15, 0.2) is 5.82 Å². The molecule has 3 aromatic rings. The number of halogens is 2. The van der Waals surface area contributed by atoms with Crippen molar-refractivity contribution in [1.82, 2.24) is 20.2 Å². The van der Waals surface area contributed by atoms with Crippen LogP contribution in [0.4, 0.5) is 21.8 Å². The quantitative estimate of drug-likeness (QED) is 0.549. The van der Waals surface area contributed by atoms with Crippen LogP contribution in [-0.2, 0) is 0 Å². The molecule has 6 nitrogen and oxygen atoms in total. The van der Waals surface area contributed by atoms with E-state index in [1.165, 1.54) is 18.9 Å². The zero-order valence-corrected chi connectivity index (χ0v) is 15.8. The van der Waals surface area contributed by atoms with Crippen molar-refractivity contribution in [2.24, 2.45) is 0 Å². The second-order valence-electron chi connectivity index (χ2n) is 6.83. The van der Waals surface area contributed by atoms with E-state index in [4.69, 9.17) is 11.6 Å². The SMILES string of the molecule is Cc1nc(Nc2cc(C3CC3)[nH]n2)cc(NC(C)c2ccc(F)c(Cl)c2)n1. The van der Waals surface area contributed by atoms with Crippen molar-refractivity contribution in [2.75, 3.05) is 10.6 Å². The number of nitrogens with one attached hydrogen (secondary N) is 3. The molecule has 3 N–H and O–H groups in total. The molecule has 27 heavy (non-hydrogen) atoms. The summed E-state index contributed by atoms with van der Waals surface area (Å²) in [5.41, 5.74) is 2.02. The maximum absolute atomic E-state index is 13.4. The van der Waals surface area contributed by atoms with Crippen LogP contribution in [-0.4, -0.2) is 20.2 Å². The number of rotatable bonds is 6. The standard InChI is InChI=1S/C19H20ClFN6/c1-10(13-5-6-15(21)14(20)7-13)22-17-9-18(24-11(2)23-17)25-19-8-16(26-27-19)12-3-4-12/h5-10,12H,3-4H2,1-2H3,(H3,22,23,24,25,26,27). The van der Waals surface area contributed by atoms with Gasteiger partial charge in [-0.1, -0.05) is 17.7 Å². The lowest BCUT2D eigenvalue weighted by Gasteiger charge is -2.16. The van der Waals surface area contributed by atoms with Crippen molar-refractivity contribution in [2.45, 2.75) is 38.6 Å². The molecule has 2 aromatic heterocycles. The van der Waals surface area contributed by atoms with Crippen molar-refractivity contribution in [3.05, 3.63) is 58.3 Å². The molecule has 1 aliphatic rings. The van der Waals surface area contributed by atoms with Gasteiger partial charge in [-0.15, -0.1) is 0 Å². The summed E-state index contributed by atoms with van der Waals surface area (Å²) in [7, 11) is 0. The van der Waals surface area contributed by atoms with Crippen LogP contribution in [0.25, 0.3) is 0 Å². The smallest absolute Gasteiger partial charge is 0.153 e. The van der Waals surface area contributed by atoms with Gasteiger partial charge in [-0.25, -0.2) is 14.4 Å². The predicted molar refractivity (Wildman–Crippen MR) is 104 cm³/mol. The van der Waals surface area contributed by atoms with Crippen LogP contribution in [0.3, 0.4) is 0 Å². The minimum Gasteiger partial charge on any atom is -0.363 e. The van der Waals surface area contributed by atoms with Crippen molar-refractivity contribution < 1.29 is 4.39 Å². The van der Waals surface area contributed by atoms with E-state index >= 15 is 0 Å². The highest BCUT2D eigenvalue weighted by molar-refractivity contribution is 6.30. The summed E-state index contributed by atoms with van der Waals surface area (Å²) in [5, 5.41) is 14.0. The monoisotopic (exact) mass is 386 g/mol. The predicted octanol–water partition coefficient (Wildman–Crippen LogP) is 5.09. The third kappa shape index (κ3) is 4.19. The molecule has 0 radical (unpaired) electrons. The van der Waals surface area contributed by atoms with E-state index in [2.05, 4.69) is 30.8 Å². The van der Waals surface area contributed by atoms with E-state index in [-0.39, 0.29) is 11.1 Å². The molecule has 1 aromatic carbocycles. The van der Waals surface area contributed by atoms with Gasteiger partial charge in [-0.2, -0.15) is 5.10 Å². The first-order valence-electron chi connectivity index (χ1n) is 8.87. The van der Waals surface area contributed by atoms with E-state index in [1.54, 1.807) is 12.1 Å². The molecule has 1 aliphatic carbocycles. The van der Waals surface area contributed by atoms with Crippen LogP contribution in [0.5, 0.6) is 0 Å². The molecular weight excluding hydrogens is 367 g/mol. The molecule has 2 heterocycles. The first-order valence-corrected chi connectivity index (χ1v) is 9.25. The molecule has 0 amide bonds. The van der Waals surface area contributed by atoms with Gasteiger partial charge in [0.25, 0.3) is 0 Å². The third-order valence-electron chi connectivity index (χ3n) is 4.52. The van der Waals surface area contributed by atoms with Crippen LogP contribution in [0, 0.1) is 12.7 Å². The summed E-state index contributed by atoms with van der Waals surface area (Å²) >= 11 is 5.88. The Labute approximate surface area is 161 Å². The molecule has 140 valence electrons. The zero-order valence-electron chi connectivity index (χ0n) is 15.1. The topological polar surface area (TPSA) is 78.5 Å². The van der Waals surface area contributed by atoms with E-state index in [0.29, 0.717) is 23.4 Å². The molecule has 1 fully saturated rings. The number of aromatic nitrogens is 4. The third-order valence-corrected chi connectivity index (χ3v) is 4.81. The number of benzene rings is 1. The van der Waals surface area contributed by atoms with Crippen molar-refractivity contribution in [3.8, 4) is 0 Å². The molecule has 1 unspecified atom stereocenters. The lowest BCUT2D eigenvalue weighted by atomic mass is 10.1. The summed E-state index contributed by atoms with van der Waals surface area (Å²) < 4.78 is 13.4. The number of aromatic amines is 1. The van der Waals surface area contributed by atoms with E-state index < -0.39 is 5.82 Å². The Morgan fingerprint density at radius 1 is 1.15 bits per heavy atom. The zero-order chi connectivity index (χ0) is 19.0. The fraction of sp³-hybridized carbons (Fsp3) is 0.316. The van der Waals surface area contributed by atoms with Gasteiger partial charge in [-0.05, 0) is 44.4 Å². The minimum absolute atomic E-state index is 0.0999. The van der Waals surface area contributed by atoms with Gasteiger partial charge in [0, 0.05) is 29.8 Å². The minimum atomic E-state index is -0.429. The number of anilines is 3. The van der Waals surface area contributed by atoms with Gasteiger partial charge in [-0.3, -0.25) is 5.10 Å². The first-order chi connectivity index (χ1) is 13.0. The highest BCUT2D eigenvalue weighted by Crippen LogP contribution is 2.39. The molecular formula is C19H20ClFN6. The van der Waals surface area contributed by atoms with E-state index in [0.717, 1.165) is 17.1 Å². The van der Waals surface area contributed by atoms with Gasteiger partial charge in [0.1, 0.15) is 23.3 Å². The van der Waals surface area contributed by atoms with Gasteiger partial charge in [0.2, 0.25) is 0 Å². The van der Waals surface area contributed by atoms with Crippen molar-refractivity contribution >= 4 is 29.1 Å². The van der Waals surface area contributed by atoms with E-state index in [9.17, 15) is 4.39 Å². The summed E-state index contributed by atoms with van der Waals surface area (Å²) in [4.78, 5) is 8.84. The summed E-state index contributed by atoms with van der Waals surface area (Å²) in [6, 6.07) is 8.42. The number of H-pyrrole nitrogens is 1. The molecule has 1 atom stereocenters. The normalized spacial score (nSPS) is 14.8. The molecule has 8 heteroatoms. The van der Waals surface area contributed by atoms with Crippen LogP contribution in [0.15, 0.2) is 30.3 Å². The van der Waals surface area contributed by atoms with Crippen LogP contribution in [0.2, 0.25) is 5.02 Å². The lowest BCUT2D eigenvalue weighted by molar-refractivity contribution is 0.627. The van der Waals surface area contributed by atoms with Gasteiger partial charge < -0.3 is 10.6 Å². The molecule has 0 spiro atoms. The molecule has 0 aliphatic heterocycles. The van der Waals surface area contributed by atoms with Crippen molar-refractivity contribution in [1.29, 1.82) is 0 Å². The molecule has 1 saturated carbocycles.